The van der Waals surface area contributed by atoms with Crippen LogP contribution >= 0.6 is 22.6 Å². The van der Waals surface area contributed by atoms with E-state index in [-0.39, 0.29) is 0 Å². The van der Waals surface area contributed by atoms with Gasteiger partial charge in [0.25, 0.3) is 0 Å². The minimum Gasteiger partial charge on any atom is -0.397 e. The minimum atomic E-state index is 0.767. The van der Waals surface area contributed by atoms with Crippen LogP contribution < -0.4 is 10.6 Å². The smallest absolute Gasteiger partial charge is 0.0600 e. The Morgan fingerprint density at radius 3 is 2.40 bits per heavy atom. The van der Waals surface area contributed by atoms with Crippen molar-refractivity contribution in [2.75, 3.05) is 23.7 Å². The summed E-state index contributed by atoms with van der Waals surface area (Å²) in [5.41, 5.74) is 8.15. The van der Waals surface area contributed by atoms with Gasteiger partial charge >= 0.3 is 0 Å². The van der Waals surface area contributed by atoms with Gasteiger partial charge < -0.3 is 10.6 Å². The molecular weight excluding hydrogens is 299 g/mol. The van der Waals surface area contributed by atoms with Gasteiger partial charge in [0.15, 0.2) is 0 Å². The van der Waals surface area contributed by atoms with Gasteiger partial charge in [-0.1, -0.05) is 13.8 Å². The van der Waals surface area contributed by atoms with Crippen LogP contribution in [0.3, 0.4) is 0 Å². The van der Waals surface area contributed by atoms with Crippen LogP contribution in [-0.2, 0) is 0 Å². The third kappa shape index (κ3) is 2.22. The lowest BCUT2D eigenvalue weighted by Crippen LogP contribution is -2.20. The number of halogens is 1. The van der Waals surface area contributed by atoms with Gasteiger partial charge in [0.05, 0.1) is 11.4 Å². The van der Waals surface area contributed by atoms with Crippen LogP contribution in [0.5, 0.6) is 0 Å². The van der Waals surface area contributed by atoms with Crippen molar-refractivity contribution in [1.82, 2.24) is 0 Å². The second-order valence-electron chi connectivity index (χ2n) is 4.56. The van der Waals surface area contributed by atoms with E-state index in [9.17, 15) is 0 Å². The molecule has 3 heteroatoms. The van der Waals surface area contributed by atoms with Crippen molar-refractivity contribution in [3.63, 3.8) is 0 Å². The molecule has 1 aliphatic heterocycles. The van der Waals surface area contributed by atoms with Crippen molar-refractivity contribution in [2.45, 2.75) is 13.8 Å². The summed E-state index contributed by atoms with van der Waals surface area (Å²) in [5.74, 6) is 1.53. The van der Waals surface area contributed by atoms with Gasteiger partial charge in [-0.15, -0.1) is 0 Å². The Balaban J connectivity index is 2.24. The molecule has 2 nitrogen and oxygen atoms in total. The number of anilines is 2. The molecule has 0 radical (unpaired) electrons. The Labute approximate surface area is 105 Å². The normalized spacial score (nSPS) is 25.9. The van der Waals surface area contributed by atoms with Gasteiger partial charge in [-0.2, -0.15) is 0 Å². The van der Waals surface area contributed by atoms with E-state index in [0.717, 1.165) is 30.6 Å². The topological polar surface area (TPSA) is 29.3 Å². The van der Waals surface area contributed by atoms with E-state index >= 15 is 0 Å². The molecule has 1 saturated heterocycles. The molecule has 1 heterocycles. The number of benzene rings is 1. The molecule has 82 valence electrons. The molecular formula is C12H17IN2. The maximum Gasteiger partial charge on any atom is 0.0600 e. The predicted molar refractivity (Wildman–Crippen MR) is 74.1 cm³/mol. The van der Waals surface area contributed by atoms with E-state index in [4.69, 9.17) is 5.73 Å². The van der Waals surface area contributed by atoms with E-state index in [1.54, 1.807) is 0 Å². The van der Waals surface area contributed by atoms with Crippen molar-refractivity contribution in [3.8, 4) is 0 Å². The first-order valence-corrected chi connectivity index (χ1v) is 6.46. The number of hydrogen-bond acceptors (Lipinski definition) is 2. The van der Waals surface area contributed by atoms with Gasteiger partial charge in [-0.25, -0.2) is 0 Å². The monoisotopic (exact) mass is 316 g/mol. The fourth-order valence-electron chi connectivity index (χ4n) is 2.14. The fraction of sp³-hybridized carbons (Fsp3) is 0.500. The third-order valence-corrected chi connectivity index (χ3v) is 3.99. The molecule has 1 fully saturated rings. The number of rotatable bonds is 1. The Bertz CT molecular complexity index is 355. The quantitative estimate of drug-likeness (QED) is 0.637. The van der Waals surface area contributed by atoms with Crippen molar-refractivity contribution in [1.29, 1.82) is 0 Å². The third-order valence-electron chi connectivity index (χ3n) is 3.32. The van der Waals surface area contributed by atoms with Crippen LogP contribution in [0.2, 0.25) is 0 Å². The average molecular weight is 316 g/mol. The highest BCUT2D eigenvalue weighted by molar-refractivity contribution is 14.1. The summed E-state index contributed by atoms with van der Waals surface area (Å²) in [7, 11) is 0. The average Bonchev–Trinajstić information content (AvgIpc) is 2.46. The molecule has 0 aliphatic carbocycles. The van der Waals surface area contributed by atoms with Crippen molar-refractivity contribution in [3.05, 3.63) is 21.8 Å². The number of nitrogens with zero attached hydrogens (tertiary/aromatic N) is 1. The first kappa shape index (κ1) is 11.0. The highest BCUT2D eigenvalue weighted by atomic mass is 127. The molecule has 1 aliphatic rings. The summed E-state index contributed by atoms with van der Waals surface area (Å²) >= 11 is 2.29. The van der Waals surface area contributed by atoms with Crippen molar-refractivity contribution in [2.24, 2.45) is 11.8 Å². The molecule has 0 spiro atoms. The summed E-state index contributed by atoms with van der Waals surface area (Å²) in [4.78, 5) is 2.40. The zero-order valence-corrected chi connectivity index (χ0v) is 11.4. The highest BCUT2D eigenvalue weighted by Gasteiger charge is 2.26. The predicted octanol–water partition coefficient (Wildman–Crippen LogP) is 2.97. The Morgan fingerprint density at radius 2 is 1.87 bits per heavy atom. The van der Waals surface area contributed by atoms with Crippen LogP contribution in [0.1, 0.15) is 13.8 Å². The molecule has 0 aromatic heterocycles. The molecule has 0 bridgehead atoms. The van der Waals surface area contributed by atoms with E-state index in [1.807, 2.05) is 6.07 Å². The summed E-state index contributed by atoms with van der Waals surface area (Å²) in [6.45, 7) is 6.89. The zero-order chi connectivity index (χ0) is 11.0. The van der Waals surface area contributed by atoms with Crippen LogP contribution in [0.4, 0.5) is 11.4 Å². The lowest BCUT2D eigenvalue weighted by Gasteiger charge is -2.20. The number of nitrogens with two attached hydrogens (primary N) is 1. The van der Waals surface area contributed by atoms with E-state index < -0.39 is 0 Å². The molecule has 1 aromatic rings. The molecule has 2 rings (SSSR count). The van der Waals surface area contributed by atoms with Crippen molar-refractivity contribution >= 4 is 34.0 Å². The van der Waals surface area contributed by atoms with Crippen LogP contribution in [0.15, 0.2) is 18.2 Å². The lowest BCUT2D eigenvalue weighted by molar-refractivity contribution is 0.494. The van der Waals surface area contributed by atoms with Crippen LogP contribution in [0, 0.1) is 15.4 Å². The molecule has 0 amide bonds. The highest BCUT2D eigenvalue weighted by Crippen LogP contribution is 2.32. The molecule has 15 heavy (non-hydrogen) atoms. The van der Waals surface area contributed by atoms with Gasteiger partial charge in [0.1, 0.15) is 0 Å². The molecule has 1 aromatic carbocycles. The Kier molecular flexibility index (Phi) is 3.09. The van der Waals surface area contributed by atoms with Gasteiger partial charge in [-0.3, -0.25) is 0 Å². The largest absolute Gasteiger partial charge is 0.397 e. The second kappa shape index (κ2) is 4.20. The summed E-state index contributed by atoms with van der Waals surface area (Å²) < 4.78 is 1.20. The standard InChI is InChI=1S/C12H17IN2/c1-8-6-15(7-9(8)2)12-4-3-10(13)5-11(12)14/h3-5,8-9H,6-7,14H2,1-2H3. The van der Waals surface area contributed by atoms with E-state index in [2.05, 4.69) is 53.5 Å². The van der Waals surface area contributed by atoms with Crippen LogP contribution in [0.25, 0.3) is 0 Å². The molecule has 2 unspecified atom stereocenters. The molecule has 0 saturated carbocycles. The zero-order valence-electron chi connectivity index (χ0n) is 9.20. The maximum atomic E-state index is 6.05. The number of hydrogen-bond donors (Lipinski definition) is 1. The van der Waals surface area contributed by atoms with Gasteiger partial charge in [-0.05, 0) is 52.6 Å². The summed E-state index contributed by atoms with van der Waals surface area (Å²) in [6.07, 6.45) is 0. The summed E-state index contributed by atoms with van der Waals surface area (Å²) in [5, 5.41) is 0. The second-order valence-corrected chi connectivity index (χ2v) is 5.81. The maximum absolute atomic E-state index is 6.05. The van der Waals surface area contributed by atoms with Crippen LogP contribution in [-0.4, -0.2) is 13.1 Å². The Hall–Kier alpha value is -0.450. The molecule has 2 atom stereocenters. The minimum absolute atomic E-state index is 0.767. The van der Waals surface area contributed by atoms with E-state index in [1.165, 1.54) is 9.26 Å². The lowest BCUT2D eigenvalue weighted by atomic mass is 10.0. The van der Waals surface area contributed by atoms with Gasteiger partial charge in [0, 0.05) is 16.7 Å². The molecule has 2 N–H and O–H groups in total. The van der Waals surface area contributed by atoms with E-state index in [0.29, 0.717) is 0 Å². The fourth-order valence-corrected chi connectivity index (χ4v) is 2.66. The summed E-state index contributed by atoms with van der Waals surface area (Å²) in [6, 6.07) is 6.31. The first-order chi connectivity index (χ1) is 7.08. The number of nitrogen functional groups attached to an aromatic ring is 1. The first-order valence-electron chi connectivity index (χ1n) is 5.38. The van der Waals surface area contributed by atoms with Gasteiger partial charge in [0.2, 0.25) is 0 Å². The SMILES string of the molecule is CC1CN(c2ccc(I)cc2N)CC1C. The Morgan fingerprint density at radius 1 is 1.27 bits per heavy atom. The van der Waals surface area contributed by atoms with Crippen molar-refractivity contribution < 1.29 is 0 Å².